The minimum absolute atomic E-state index is 0.0272. The first-order chi connectivity index (χ1) is 16.4. The van der Waals surface area contributed by atoms with Crippen molar-refractivity contribution in [2.45, 2.75) is 43.8 Å². The number of pyridine rings is 1. The smallest absolute Gasteiger partial charge is 0.166 e. The fourth-order valence-electron chi connectivity index (χ4n) is 3.66. The Balaban J connectivity index is 1.30. The van der Waals surface area contributed by atoms with E-state index in [1.807, 2.05) is 6.20 Å². The van der Waals surface area contributed by atoms with E-state index in [4.69, 9.17) is 11.9 Å². The highest BCUT2D eigenvalue weighted by molar-refractivity contribution is 7.15. The van der Waals surface area contributed by atoms with E-state index in [0.29, 0.717) is 35.6 Å². The zero-order valence-electron chi connectivity index (χ0n) is 19.1. The summed E-state index contributed by atoms with van der Waals surface area (Å²) in [7, 11) is 0. The number of aromatic nitrogens is 2. The first-order valence-electron chi connectivity index (χ1n) is 11.5. The highest BCUT2D eigenvalue weighted by atomic mass is 32.1. The van der Waals surface area contributed by atoms with E-state index >= 15 is 0 Å². The molecular formula is C25H25FN4O2S. The number of benzene rings is 1. The lowest BCUT2D eigenvalue weighted by atomic mass is 9.99. The van der Waals surface area contributed by atoms with Gasteiger partial charge in [0.2, 0.25) is 0 Å². The number of anilines is 1. The number of hydrogen-bond donors (Lipinski definition) is 3. The highest BCUT2D eigenvalue weighted by Crippen LogP contribution is 2.36. The summed E-state index contributed by atoms with van der Waals surface area (Å²) in [5, 5.41) is 12.6. The number of nitrogen functional groups attached to an aromatic ring is 1. The number of thiazole rings is 1. The summed E-state index contributed by atoms with van der Waals surface area (Å²) in [6.45, 7) is 1.48. The molecule has 1 saturated heterocycles. The van der Waals surface area contributed by atoms with Gasteiger partial charge in [-0.1, -0.05) is 11.8 Å². The van der Waals surface area contributed by atoms with Gasteiger partial charge in [-0.2, -0.15) is 0 Å². The number of halogens is 1. The second kappa shape index (κ2) is 9.10. The van der Waals surface area contributed by atoms with Crippen molar-refractivity contribution in [1.82, 2.24) is 15.3 Å². The van der Waals surface area contributed by atoms with Crippen molar-refractivity contribution in [1.29, 1.82) is 0 Å². The average molecular weight is 466 g/mol. The number of ether oxygens (including phenoxy) is 1. The van der Waals surface area contributed by atoms with Gasteiger partial charge in [-0.05, 0) is 63.0 Å². The maximum atomic E-state index is 14.4. The van der Waals surface area contributed by atoms with Crippen LogP contribution in [0.3, 0.4) is 0 Å². The largest absolute Gasteiger partial charge is 0.485 e. The van der Waals surface area contributed by atoms with Crippen molar-refractivity contribution in [2.24, 2.45) is 0 Å². The molecule has 0 radical (unpaired) electrons. The molecule has 0 unspecified atom stereocenters. The van der Waals surface area contributed by atoms with Crippen LogP contribution in [0.1, 0.15) is 47.7 Å². The number of rotatable bonds is 5. The zero-order chi connectivity index (χ0) is 23.7. The molecule has 4 N–H and O–H groups in total. The quantitative estimate of drug-likeness (QED) is 0.496. The van der Waals surface area contributed by atoms with Gasteiger partial charge in [-0.25, -0.2) is 14.4 Å². The molecule has 33 heavy (non-hydrogen) atoms. The molecule has 1 aromatic carbocycles. The Labute approximate surface area is 197 Å². The van der Waals surface area contributed by atoms with Crippen molar-refractivity contribution in [3.8, 4) is 28.0 Å². The Morgan fingerprint density at radius 3 is 2.88 bits per heavy atom. The molecule has 2 fully saturated rings. The number of nitrogens with one attached hydrogen (secondary N) is 1. The summed E-state index contributed by atoms with van der Waals surface area (Å²) in [6, 6.07) is 6.36. The van der Waals surface area contributed by atoms with Gasteiger partial charge in [-0.15, -0.1) is 11.3 Å². The molecule has 0 amide bonds. The Bertz CT molecular complexity index is 1260. The SMILES string of the molecule is [2H]N1CCC(c2ncc(-c3cnc(N)c(OCc4cc(C#CC5(O)CC5)ccc4F)c3)s2)CC1. The Kier molecular flexibility index (Phi) is 5.68. The molecule has 2 aliphatic rings. The van der Waals surface area contributed by atoms with Crippen molar-refractivity contribution < 1.29 is 15.6 Å². The lowest BCUT2D eigenvalue weighted by Gasteiger charge is -2.20. The molecule has 5 rings (SSSR count). The van der Waals surface area contributed by atoms with E-state index in [9.17, 15) is 9.50 Å². The lowest BCUT2D eigenvalue weighted by Crippen LogP contribution is -2.26. The van der Waals surface area contributed by atoms with E-state index in [0.717, 1.165) is 41.4 Å². The van der Waals surface area contributed by atoms with E-state index in [2.05, 4.69) is 21.8 Å². The average Bonchev–Trinajstić information content (AvgIpc) is 3.37. The van der Waals surface area contributed by atoms with E-state index in [1.165, 1.54) is 6.07 Å². The monoisotopic (exact) mass is 465 g/mol. The van der Waals surface area contributed by atoms with Crippen LogP contribution in [-0.2, 0) is 6.61 Å². The van der Waals surface area contributed by atoms with Crippen LogP contribution in [0.4, 0.5) is 10.2 Å². The molecule has 0 spiro atoms. The fourth-order valence-corrected chi connectivity index (χ4v) is 4.73. The zero-order valence-corrected chi connectivity index (χ0v) is 18.9. The van der Waals surface area contributed by atoms with Crippen molar-refractivity contribution in [3.05, 3.63) is 58.6 Å². The van der Waals surface area contributed by atoms with E-state index in [-0.39, 0.29) is 12.4 Å². The summed E-state index contributed by atoms with van der Waals surface area (Å²) in [6.07, 6.45) is 6.72. The van der Waals surface area contributed by atoms with Crippen molar-refractivity contribution >= 4 is 17.2 Å². The molecule has 3 heterocycles. The normalized spacial score (nSPS) is 18.3. The third-order valence-corrected chi connectivity index (χ3v) is 7.11. The number of aliphatic hydroxyl groups is 1. The third-order valence-electron chi connectivity index (χ3n) is 5.90. The number of hydrogen-bond acceptors (Lipinski definition) is 7. The van der Waals surface area contributed by atoms with E-state index < -0.39 is 11.4 Å². The summed E-state index contributed by atoms with van der Waals surface area (Å²) < 4.78 is 27.9. The number of nitrogens with zero attached hydrogens (tertiary/aromatic N) is 2. The molecule has 6 nitrogen and oxygen atoms in total. The van der Waals surface area contributed by atoms with Gasteiger partial charge in [0.05, 0.1) is 9.88 Å². The molecular weight excluding hydrogens is 439 g/mol. The first kappa shape index (κ1) is 20.6. The topological polar surface area (TPSA) is 93.3 Å². The fraction of sp³-hybridized carbons (Fsp3) is 0.360. The van der Waals surface area contributed by atoms with Gasteiger partial charge >= 0.3 is 0 Å². The lowest BCUT2D eigenvalue weighted by molar-refractivity contribution is 0.212. The Morgan fingerprint density at radius 1 is 1.27 bits per heavy atom. The minimum atomic E-state index is -0.888. The van der Waals surface area contributed by atoms with Crippen LogP contribution in [0.15, 0.2) is 36.7 Å². The predicted octanol–water partition coefficient (Wildman–Crippen LogP) is 3.85. The van der Waals surface area contributed by atoms with Crippen LogP contribution in [0.2, 0.25) is 1.41 Å². The molecule has 1 saturated carbocycles. The number of nitrogens with two attached hydrogens (primary N) is 1. The Morgan fingerprint density at radius 2 is 2.09 bits per heavy atom. The first-order valence-corrected chi connectivity index (χ1v) is 11.8. The molecule has 1 aliphatic heterocycles. The standard InChI is InChI=1S/C25H25FN4O2S/c26-20-2-1-16(3-6-25(31)7-8-25)11-19(20)15-32-21-12-18(13-29-23(21)27)22-14-30-24(33-22)17-4-9-28-10-5-17/h1-2,11-14,17,28,31H,4-5,7-10,15H2,(H2,27,29)/i/hD. The van der Waals surface area contributed by atoms with Crippen LogP contribution < -0.4 is 15.8 Å². The van der Waals surface area contributed by atoms with Crippen LogP contribution in [0.5, 0.6) is 5.75 Å². The van der Waals surface area contributed by atoms with Crippen LogP contribution in [0, 0.1) is 17.7 Å². The highest BCUT2D eigenvalue weighted by Gasteiger charge is 2.38. The molecule has 3 aromatic rings. The van der Waals surface area contributed by atoms with E-state index in [1.54, 1.807) is 41.0 Å². The van der Waals surface area contributed by atoms with Gasteiger partial charge < -0.3 is 20.9 Å². The molecule has 8 heteroatoms. The van der Waals surface area contributed by atoms with Crippen LogP contribution >= 0.6 is 11.3 Å². The summed E-state index contributed by atoms with van der Waals surface area (Å²) in [4.78, 5) is 9.83. The maximum absolute atomic E-state index is 14.4. The number of piperidine rings is 1. The van der Waals surface area contributed by atoms with Gasteiger partial charge in [0.25, 0.3) is 0 Å². The molecule has 0 atom stereocenters. The predicted molar refractivity (Wildman–Crippen MR) is 126 cm³/mol. The van der Waals surface area contributed by atoms with Gasteiger partial charge in [-0.3, -0.25) is 0 Å². The summed E-state index contributed by atoms with van der Waals surface area (Å²) in [5.41, 5.74) is 6.94. The van der Waals surface area contributed by atoms with Crippen LogP contribution in [-0.4, -0.2) is 33.8 Å². The Hall–Kier alpha value is -2.99. The van der Waals surface area contributed by atoms with Gasteiger partial charge in [0.15, 0.2) is 11.6 Å². The van der Waals surface area contributed by atoms with Gasteiger partial charge in [0.1, 0.15) is 19.4 Å². The van der Waals surface area contributed by atoms with Crippen LogP contribution in [0.25, 0.3) is 10.4 Å². The molecule has 170 valence electrons. The van der Waals surface area contributed by atoms with Crippen molar-refractivity contribution in [3.63, 3.8) is 0 Å². The summed E-state index contributed by atoms with van der Waals surface area (Å²) in [5.74, 6) is 6.31. The maximum Gasteiger partial charge on any atom is 0.166 e. The molecule has 1 aliphatic carbocycles. The third kappa shape index (κ3) is 5.17. The molecule has 2 aromatic heterocycles. The molecule has 0 bridgehead atoms. The summed E-state index contributed by atoms with van der Waals surface area (Å²) >= 11 is 1.62. The minimum Gasteiger partial charge on any atom is -0.485 e. The second-order valence-corrected chi connectivity index (χ2v) is 9.55. The van der Waals surface area contributed by atoms with Gasteiger partial charge in [0, 0.05) is 35.0 Å². The second-order valence-electron chi connectivity index (χ2n) is 8.49. The van der Waals surface area contributed by atoms with Crippen molar-refractivity contribution in [2.75, 3.05) is 18.8 Å².